The Hall–Kier alpha value is -1.35. The Bertz CT molecular complexity index is 873. The molecule has 0 spiro atoms. The van der Waals surface area contributed by atoms with Crippen molar-refractivity contribution < 1.29 is 17.6 Å². The van der Waals surface area contributed by atoms with Crippen LogP contribution < -0.4 is 10.4 Å². The summed E-state index contributed by atoms with van der Waals surface area (Å²) in [5.74, 6) is 0.838. The molecular formula is C14H14ClNO5S2. The van der Waals surface area contributed by atoms with Crippen LogP contribution in [0.25, 0.3) is 0 Å². The van der Waals surface area contributed by atoms with E-state index in [0.29, 0.717) is 28.8 Å². The topological polar surface area (TPSA) is 76.8 Å². The van der Waals surface area contributed by atoms with Crippen molar-refractivity contribution in [3.63, 3.8) is 0 Å². The molecule has 0 aromatic carbocycles. The van der Waals surface area contributed by atoms with E-state index in [2.05, 4.69) is 0 Å². The molecule has 0 radical (unpaired) electrons. The summed E-state index contributed by atoms with van der Waals surface area (Å²) in [5.41, 5.74) is -0.490. The van der Waals surface area contributed by atoms with Crippen LogP contribution in [0.5, 0.6) is 5.75 Å². The van der Waals surface area contributed by atoms with Gasteiger partial charge in [0.15, 0.2) is 0 Å². The lowest BCUT2D eigenvalue weighted by molar-refractivity contribution is 0.213. The molecule has 0 aliphatic carbocycles. The van der Waals surface area contributed by atoms with Crippen molar-refractivity contribution in [2.24, 2.45) is 0 Å². The molecular weight excluding hydrogens is 362 g/mol. The second-order valence-electron chi connectivity index (χ2n) is 5.17. The van der Waals surface area contributed by atoms with Gasteiger partial charge in [0.2, 0.25) is 0 Å². The fourth-order valence-electron chi connectivity index (χ4n) is 2.41. The fraction of sp³-hybridized carbons (Fsp3) is 0.357. The van der Waals surface area contributed by atoms with Gasteiger partial charge in [0, 0.05) is 12.6 Å². The zero-order valence-corrected chi connectivity index (χ0v) is 14.6. The molecule has 6 nitrogen and oxygen atoms in total. The molecule has 23 heavy (non-hydrogen) atoms. The Kier molecular flexibility index (Phi) is 4.50. The predicted molar refractivity (Wildman–Crippen MR) is 86.8 cm³/mol. The van der Waals surface area contributed by atoms with Gasteiger partial charge in [-0.3, -0.25) is 0 Å². The Morgan fingerprint density at radius 3 is 2.83 bits per heavy atom. The monoisotopic (exact) mass is 375 g/mol. The summed E-state index contributed by atoms with van der Waals surface area (Å²) in [6.45, 7) is 2.25. The van der Waals surface area contributed by atoms with Crippen molar-refractivity contribution in [2.75, 3.05) is 13.1 Å². The van der Waals surface area contributed by atoms with Crippen LogP contribution >= 0.6 is 22.9 Å². The number of ether oxygens (including phenoxy) is 1. The number of sulfonamides is 1. The maximum atomic E-state index is 12.5. The summed E-state index contributed by atoms with van der Waals surface area (Å²) in [4.78, 5) is 11.3. The van der Waals surface area contributed by atoms with Crippen LogP contribution in [-0.2, 0) is 10.0 Å². The molecule has 3 heterocycles. The Morgan fingerprint density at radius 1 is 1.39 bits per heavy atom. The van der Waals surface area contributed by atoms with E-state index in [9.17, 15) is 13.2 Å². The minimum Gasteiger partial charge on any atom is -0.489 e. The van der Waals surface area contributed by atoms with E-state index in [-0.39, 0.29) is 16.9 Å². The molecule has 1 fully saturated rings. The molecule has 1 unspecified atom stereocenters. The highest BCUT2D eigenvalue weighted by Crippen LogP contribution is 2.30. The van der Waals surface area contributed by atoms with Gasteiger partial charge in [-0.05, 0) is 25.5 Å². The summed E-state index contributed by atoms with van der Waals surface area (Å²) >= 11 is 6.84. The van der Waals surface area contributed by atoms with Gasteiger partial charge in [-0.15, -0.1) is 11.3 Å². The van der Waals surface area contributed by atoms with Gasteiger partial charge in [0.25, 0.3) is 10.0 Å². The molecule has 124 valence electrons. The van der Waals surface area contributed by atoms with Crippen LogP contribution in [0.1, 0.15) is 12.2 Å². The lowest BCUT2D eigenvalue weighted by Crippen LogP contribution is -2.30. The van der Waals surface area contributed by atoms with E-state index in [0.717, 1.165) is 11.3 Å². The second-order valence-corrected chi connectivity index (χ2v) is 9.05. The fourth-order valence-corrected chi connectivity index (χ4v) is 5.54. The minimum absolute atomic E-state index is 0.222. The molecule has 3 rings (SSSR count). The largest absolute Gasteiger partial charge is 0.489 e. The van der Waals surface area contributed by atoms with Gasteiger partial charge in [-0.2, -0.15) is 4.31 Å². The van der Waals surface area contributed by atoms with Crippen LogP contribution in [-0.4, -0.2) is 31.9 Å². The molecule has 0 saturated carbocycles. The van der Waals surface area contributed by atoms with E-state index in [1.54, 1.807) is 19.1 Å². The van der Waals surface area contributed by atoms with Crippen LogP contribution in [0.4, 0.5) is 0 Å². The zero-order valence-electron chi connectivity index (χ0n) is 12.2. The highest BCUT2D eigenvalue weighted by Gasteiger charge is 2.34. The van der Waals surface area contributed by atoms with E-state index in [1.165, 1.54) is 16.4 Å². The van der Waals surface area contributed by atoms with Gasteiger partial charge in [-0.1, -0.05) is 11.6 Å². The van der Waals surface area contributed by atoms with Crippen molar-refractivity contribution in [3.05, 3.63) is 44.8 Å². The number of halogens is 1. The average Bonchev–Trinajstić information content (AvgIpc) is 3.07. The second kappa shape index (κ2) is 6.27. The molecule has 0 amide bonds. The third kappa shape index (κ3) is 3.60. The van der Waals surface area contributed by atoms with Crippen LogP contribution in [0.15, 0.2) is 37.7 Å². The maximum absolute atomic E-state index is 12.5. The predicted octanol–water partition coefficient (Wildman–Crippen LogP) is 2.51. The number of hydrogen-bond donors (Lipinski definition) is 0. The Balaban J connectivity index is 1.72. The highest BCUT2D eigenvalue weighted by molar-refractivity contribution is 7.91. The number of aryl methyl sites for hydroxylation is 1. The van der Waals surface area contributed by atoms with Gasteiger partial charge in [0.05, 0.1) is 16.9 Å². The first kappa shape index (κ1) is 16.5. The SMILES string of the molecule is Cc1cc(OC2CCN(S(=O)(=O)c3ccc(Cl)s3)C2)cc(=O)o1. The van der Waals surface area contributed by atoms with Gasteiger partial charge >= 0.3 is 5.63 Å². The van der Waals surface area contributed by atoms with Crippen molar-refractivity contribution in [2.45, 2.75) is 23.7 Å². The van der Waals surface area contributed by atoms with Crippen LogP contribution in [0.3, 0.4) is 0 Å². The smallest absolute Gasteiger partial charge is 0.339 e. The molecule has 1 aliphatic heterocycles. The molecule has 0 N–H and O–H groups in total. The quantitative estimate of drug-likeness (QED) is 0.820. The molecule has 2 aromatic heterocycles. The molecule has 1 atom stereocenters. The van der Waals surface area contributed by atoms with Gasteiger partial charge < -0.3 is 9.15 Å². The van der Waals surface area contributed by atoms with E-state index < -0.39 is 15.6 Å². The van der Waals surface area contributed by atoms with E-state index in [4.69, 9.17) is 20.8 Å². The standard InChI is InChI=1S/C14H14ClNO5S2/c1-9-6-11(7-13(17)20-9)21-10-4-5-16(8-10)23(18,19)14-3-2-12(15)22-14/h2-3,6-7,10H,4-5,8H2,1H3. The normalized spacial score (nSPS) is 19.1. The van der Waals surface area contributed by atoms with Crippen molar-refractivity contribution in [3.8, 4) is 5.75 Å². The molecule has 1 aliphatic rings. The van der Waals surface area contributed by atoms with Crippen molar-refractivity contribution in [1.82, 2.24) is 4.31 Å². The van der Waals surface area contributed by atoms with Crippen molar-refractivity contribution in [1.29, 1.82) is 0 Å². The zero-order chi connectivity index (χ0) is 16.6. The first-order valence-electron chi connectivity index (χ1n) is 6.88. The average molecular weight is 376 g/mol. The molecule has 0 bridgehead atoms. The van der Waals surface area contributed by atoms with Crippen LogP contribution in [0, 0.1) is 6.92 Å². The van der Waals surface area contributed by atoms with Gasteiger partial charge in [-0.25, -0.2) is 13.2 Å². The third-order valence-corrected chi connectivity index (χ3v) is 6.98. The van der Waals surface area contributed by atoms with Gasteiger partial charge in [0.1, 0.15) is 21.8 Å². The van der Waals surface area contributed by atoms with Crippen molar-refractivity contribution >= 4 is 33.0 Å². The van der Waals surface area contributed by atoms with E-state index in [1.807, 2.05) is 0 Å². The van der Waals surface area contributed by atoms with Crippen LogP contribution in [0.2, 0.25) is 4.34 Å². The highest BCUT2D eigenvalue weighted by atomic mass is 35.5. The first-order valence-corrected chi connectivity index (χ1v) is 9.52. The molecule has 1 saturated heterocycles. The summed E-state index contributed by atoms with van der Waals surface area (Å²) in [5, 5.41) is 0. The summed E-state index contributed by atoms with van der Waals surface area (Å²) in [6, 6.07) is 5.93. The first-order chi connectivity index (χ1) is 10.8. The van der Waals surface area contributed by atoms with E-state index >= 15 is 0 Å². The molecule has 9 heteroatoms. The Morgan fingerprint density at radius 2 is 2.17 bits per heavy atom. The summed E-state index contributed by atoms with van der Waals surface area (Å²) in [7, 11) is -3.55. The Labute approximate surface area is 142 Å². The number of thiophene rings is 1. The summed E-state index contributed by atoms with van der Waals surface area (Å²) in [6.07, 6.45) is 0.249. The maximum Gasteiger partial charge on any atom is 0.339 e. The minimum atomic E-state index is -3.55. The number of nitrogens with zero attached hydrogens (tertiary/aromatic N) is 1. The lowest BCUT2D eigenvalue weighted by atomic mass is 10.3. The third-order valence-electron chi connectivity index (χ3n) is 3.42. The lowest BCUT2D eigenvalue weighted by Gasteiger charge is -2.16. The number of rotatable bonds is 4. The number of hydrogen-bond acceptors (Lipinski definition) is 6. The molecule has 2 aromatic rings. The summed E-state index contributed by atoms with van der Waals surface area (Å²) < 4.78 is 37.6.